The Morgan fingerprint density at radius 1 is 0.535 bits per heavy atom. The van der Waals surface area contributed by atoms with E-state index in [-0.39, 0.29) is 25.2 Å². The number of carbonyl (C=O) groups excluding carboxylic acids is 2. The average molecular weight is 601 g/mol. The zero-order valence-corrected chi connectivity index (χ0v) is 27.7. The van der Waals surface area contributed by atoms with Crippen LogP contribution in [0, 0.1) is 0 Å². The number of esters is 2. The van der Waals surface area contributed by atoms with Gasteiger partial charge in [0, 0.05) is 12.8 Å². The van der Waals surface area contributed by atoms with Gasteiger partial charge in [0.2, 0.25) is 0 Å². The summed E-state index contributed by atoms with van der Waals surface area (Å²) in [6.07, 6.45) is 42.7. The lowest BCUT2D eigenvalue weighted by Crippen LogP contribution is -2.28. The third kappa shape index (κ3) is 32.4. The van der Waals surface area contributed by atoms with Crippen molar-refractivity contribution < 1.29 is 24.2 Å². The van der Waals surface area contributed by atoms with Crippen LogP contribution in [0.25, 0.3) is 0 Å². The summed E-state index contributed by atoms with van der Waals surface area (Å²) < 4.78 is 10.5. The van der Waals surface area contributed by atoms with Crippen molar-refractivity contribution in [2.24, 2.45) is 0 Å². The van der Waals surface area contributed by atoms with E-state index in [0.29, 0.717) is 12.8 Å². The molecule has 43 heavy (non-hydrogen) atoms. The first kappa shape index (κ1) is 40.6. The third-order valence-electron chi connectivity index (χ3n) is 7.03. The number of carbonyl (C=O) groups is 2. The van der Waals surface area contributed by atoms with Crippen molar-refractivity contribution in [1.82, 2.24) is 0 Å². The van der Waals surface area contributed by atoms with Crippen LogP contribution in [-0.4, -0.2) is 36.4 Å². The van der Waals surface area contributed by atoms with Crippen LogP contribution in [0.2, 0.25) is 0 Å². The molecule has 1 atom stereocenters. The molecule has 246 valence electrons. The first-order chi connectivity index (χ1) is 21.1. The first-order valence-electron chi connectivity index (χ1n) is 17.3. The average Bonchev–Trinajstić information content (AvgIpc) is 3.01. The quantitative estimate of drug-likeness (QED) is 0.0504. The van der Waals surface area contributed by atoms with Gasteiger partial charge < -0.3 is 14.6 Å². The maximum absolute atomic E-state index is 12.1. The van der Waals surface area contributed by atoms with E-state index in [4.69, 9.17) is 9.47 Å². The van der Waals surface area contributed by atoms with Crippen molar-refractivity contribution in [1.29, 1.82) is 0 Å². The molecule has 0 saturated carbocycles. The molecular weight excluding hydrogens is 536 g/mol. The van der Waals surface area contributed by atoms with Crippen molar-refractivity contribution in [2.45, 2.75) is 155 Å². The molecule has 0 aromatic heterocycles. The fourth-order valence-electron chi connectivity index (χ4n) is 4.34. The molecule has 0 aromatic carbocycles. The molecule has 0 bridgehead atoms. The molecule has 0 unspecified atom stereocenters. The summed E-state index contributed by atoms with van der Waals surface area (Å²) in [7, 11) is 0. The number of hydrogen-bond donors (Lipinski definition) is 1. The molecule has 0 rings (SSSR count). The minimum absolute atomic E-state index is 0.0940. The minimum Gasteiger partial charge on any atom is -0.462 e. The zero-order chi connectivity index (χ0) is 31.5. The molecule has 0 radical (unpaired) electrons. The number of aliphatic hydroxyl groups excluding tert-OH is 1. The second-order valence-electron chi connectivity index (χ2n) is 11.2. The number of ether oxygens (including phenoxy) is 2. The van der Waals surface area contributed by atoms with Crippen molar-refractivity contribution >= 4 is 11.9 Å². The van der Waals surface area contributed by atoms with E-state index in [0.717, 1.165) is 70.6 Å². The topological polar surface area (TPSA) is 72.8 Å². The third-order valence-corrected chi connectivity index (χ3v) is 7.03. The van der Waals surface area contributed by atoms with Gasteiger partial charge in [-0.3, -0.25) is 9.59 Å². The van der Waals surface area contributed by atoms with E-state index >= 15 is 0 Å². The lowest BCUT2D eigenvalue weighted by atomic mass is 10.1. The molecule has 5 heteroatoms. The predicted molar refractivity (Wildman–Crippen MR) is 182 cm³/mol. The Kier molecular flexibility index (Phi) is 32.2. The second-order valence-corrected chi connectivity index (χ2v) is 11.2. The van der Waals surface area contributed by atoms with Gasteiger partial charge in [-0.2, -0.15) is 0 Å². The van der Waals surface area contributed by atoms with Gasteiger partial charge in [-0.15, -0.1) is 0 Å². The second kappa shape index (κ2) is 34.1. The van der Waals surface area contributed by atoms with Crippen molar-refractivity contribution in [3.63, 3.8) is 0 Å². The molecule has 0 fully saturated rings. The highest BCUT2D eigenvalue weighted by Gasteiger charge is 2.16. The SMILES string of the molecule is CCCC/C=C\C/C=C\CCCCCCCC(=O)O[C@@H](CO)COC(=O)CCCC/C=C\C/C=C\C/C=C\CCCCC. The fourth-order valence-corrected chi connectivity index (χ4v) is 4.34. The van der Waals surface area contributed by atoms with Gasteiger partial charge in [-0.05, 0) is 77.0 Å². The fraction of sp³-hybridized carbons (Fsp3) is 0.684. The molecule has 5 nitrogen and oxygen atoms in total. The largest absolute Gasteiger partial charge is 0.462 e. The molecule has 0 aliphatic carbocycles. The van der Waals surface area contributed by atoms with Crippen molar-refractivity contribution in [3.8, 4) is 0 Å². The number of hydrogen-bond acceptors (Lipinski definition) is 5. The Hall–Kier alpha value is -2.40. The highest BCUT2D eigenvalue weighted by Crippen LogP contribution is 2.10. The van der Waals surface area contributed by atoms with Crippen LogP contribution in [0.4, 0.5) is 0 Å². The van der Waals surface area contributed by atoms with Crippen LogP contribution < -0.4 is 0 Å². The van der Waals surface area contributed by atoms with Gasteiger partial charge in [0.1, 0.15) is 6.61 Å². The van der Waals surface area contributed by atoms with Gasteiger partial charge in [0.25, 0.3) is 0 Å². The first-order valence-corrected chi connectivity index (χ1v) is 17.3. The number of allylic oxidation sites excluding steroid dienone is 10. The lowest BCUT2D eigenvalue weighted by molar-refractivity contribution is -0.161. The molecule has 0 heterocycles. The summed E-state index contributed by atoms with van der Waals surface area (Å²) in [4.78, 5) is 24.1. The van der Waals surface area contributed by atoms with Crippen molar-refractivity contribution in [2.75, 3.05) is 13.2 Å². The normalized spacial score (nSPS) is 12.9. The Balaban J connectivity index is 3.70. The van der Waals surface area contributed by atoms with Crippen molar-refractivity contribution in [3.05, 3.63) is 60.8 Å². The van der Waals surface area contributed by atoms with Gasteiger partial charge in [0.15, 0.2) is 6.10 Å². The number of aliphatic hydroxyl groups is 1. The summed E-state index contributed by atoms with van der Waals surface area (Å²) in [6.45, 7) is 4.00. The van der Waals surface area contributed by atoms with E-state index in [1.54, 1.807) is 0 Å². The molecular formula is C38H64O5. The molecule has 0 aliphatic heterocycles. The maximum atomic E-state index is 12.1. The van der Waals surface area contributed by atoms with E-state index < -0.39 is 6.10 Å². The predicted octanol–water partition coefficient (Wildman–Crippen LogP) is 10.4. The highest BCUT2D eigenvalue weighted by atomic mass is 16.6. The standard InChI is InChI=1S/C38H64O5/c1-3-5-7-9-11-13-15-17-19-21-22-24-26-28-30-32-37(40)42-35-36(34-39)43-38(41)33-31-29-27-25-23-20-18-16-14-12-10-8-6-4-2/h10-13,16-19,22,24,36,39H,3-9,14-15,20-21,23,25-35H2,1-2H3/b12-10-,13-11-,18-16-,19-17-,24-22-/t36-/m0/s1. The van der Waals surface area contributed by atoms with Gasteiger partial charge in [-0.1, -0.05) is 120 Å². The monoisotopic (exact) mass is 600 g/mol. The van der Waals surface area contributed by atoms with Crippen LogP contribution in [0.3, 0.4) is 0 Å². The van der Waals surface area contributed by atoms with Crippen LogP contribution in [0.5, 0.6) is 0 Å². The maximum Gasteiger partial charge on any atom is 0.306 e. The Morgan fingerprint density at radius 3 is 1.51 bits per heavy atom. The van der Waals surface area contributed by atoms with Crippen LogP contribution in [0.1, 0.15) is 149 Å². The smallest absolute Gasteiger partial charge is 0.306 e. The number of rotatable bonds is 30. The minimum atomic E-state index is -0.794. The summed E-state index contributed by atoms with van der Waals surface area (Å²) in [5.41, 5.74) is 0. The Bertz CT molecular complexity index is 777. The molecule has 0 aromatic rings. The molecule has 1 N–H and O–H groups in total. The summed E-state index contributed by atoms with van der Waals surface area (Å²) in [6, 6.07) is 0. The zero-order valence-electron chi connectivity index (χ0n) is 27.7. The Morgan fingerprint density at radius 2 is 0.953 bits per heavy atom. The van der Waals surface area contributed by atoms with E-state index in [2.05, 4.69) is 74.6 Å². The van der Waals surface area contributed by atoms with Crippen LogP contribution in [-0.2, 0) is 19.1 Å². The highest BCUT2D eigenvalue weighted by molar-refractivity contribution is 5.70. The summed E-state index contributed by atoms with van der Waals surface area (Å²) in [5.74, 6) is -0.659. The van der Waals surface area contributed by atoms with Gasteiger partial charge in [0.05, 0.1) is 6.61 Å². The van der Waals surface area contributed by atoms with Crippen LogP contribution >= 0.6 is 0 Å². The van der Waals surface area contributed by atoms with Gasteiger partial charge >= 0.3 is 11.9 Å². The molecule has 0 spiro atoms. The molecule has 0 saturated heterocycles. The van der Waals surface area contributed by atoms with E-state index in [1.165, 1.54) is 51.4 Å². The van der Waals surface area contributed by atoms with E-state index in [9.17, 15) is 14.7 Å². The lowest BCUT2D eigenvalue weighted by Gasteiger charge is -2.15. The van der Waals surface area contributed by atoms with E-state index in [1.807, 2.05) is 0 Å². The Labute approximate surface area is 264 Å². The summed E-state index contributed by atoms with van der Waals surface area (Å²) in [5, 5.41) is 9.51. The molecule has 0 aliphatic rings. The van der Waals surface area contributed by atoms with Crippen LogP contribution in [0.15, 0.2) is 60.8 Å². The van der Waals surface area contributed by atoms with Gasteiger partial charge in [-0.25, -0.2) is 0 Å². The molecule has 0 amide bonds. The summed E-state index contributed by atoms with van der Waals surface area (Å²) >= 11 is 0. The number of unbranched alkanes of at least 4 members (excludes halogenated alkanes) is 12.